The van der Waals surface area contributed by atoms with Crippen LogP contribution in [0.25, 0.3) is 11.5 Å². The first-order valence-electron chi connectivity index (χ1n) is 6.74. The third-order valence-corrected chi connectivity index (χ3v) is 3.06. The maximum Gasteiger partial charge on any atom is 0.416 e. The molecule has 1 aromatic carbocycles. The lowest BCUT2D eigenvalue weighted by Crippen LogP contribution is -2.05. The van der Waals surface area contributed by atoms with Crippen molar-refractivity contribution in [2.24, 2.45) is 0 Å². The van der Waals surface area contributed by atoms with Crippen LogP contribution in [0.15, 0.2) is 47.1 Å². The summed E-state index contributed by atoms with van der Waals surface area (Å²) in [4.78, 5) is 8.05. The fourth-order valence-corrected chi connectivity index (χ4v) is 1.95. The molecule has 0 saturated heterocycles. The number of nitrogens with one attached hydrogen (secondary N) is 1. The topological polar surface area (TPSA) is 73.1 Å². The van der Waals surface area contributed by atoms with E-state index in [9.17, 15) is 13.2 Å². The summed E-state index contributed by atoms with van der Waals surface area (Å²) in [6.07, 6.45) is -2.91. The Morgan fingerprint density at radius 3 is 2.75 bits per heavy atom. The Bertz CT molecular complexity index is 848. The number of pyridine rings is 1. The SMILES string of the molecule is COc1cc(-c2nc(Nc3cccc(C(F)(F)F)c3)no2)ccn1. The average molecular weight is 336 g/mol. The average Bonchev–Trinajstić information content (AvgIpc) is 3.03. The van der Waals surface area contributed by atoms with E-state index in [0.717, 1.165) is 12.1 Å². The fourth-order valence-electron chi connectivity index (χ4n) is 1.95. The predicted octanol–water partition coefficient (Wildman–Crippen LogP) is 3.90. The molecule has 0 aliphatic rings. The first-order valence-corrected chi connectivity index (χ1v) is 6.74. The first-order chi connectivity index (χ1) is 11.5. The lowest BCUT2D eigenvalue weighted by Gasteiger charge is -2.08. The molecular formula is C15H11F3N4O2. The van der Waals surface area contributed by atoms with Gasteiger partial charge in [0.25, 0.3) is 11.8 Å². The quantitative estimate of drug-likeness (QED) is 0.779. The minimum atomic E-state index is -4.42. The Balaban J connectivity index is 1.81. The van der Waals surface area contributed by atoms with E-state index in [4.69, 9.17) is 9.26 Å². The van der Waals surface area contributed by atoms with E-state index in [1.807, 2.05) is 0 Å². The van der Waals surface area contributed by atoms with Crippen LogP contribution < -0.4 is 10.1 Å². The van der Waals surface area contributed by atoms with Gasteiger partial charge in [0.1, 0.15) is 0 Å². The summed E-state index contributed by atoms with van der Waals surface area (Å²) in [5.74, 6) is 0.600. The molecule has 24 heavy (non-hydrogen) atoms. The van der Waals surface area contributed by atoms with E-state index in [0.29, 0.717) is 11.4 Å². The van der Waals surface area contributed by atoms with Gasteiger partial charge in [-0.05, 0) is 29.4 Å². The molecule has 3 rings (SSSR count). The Morgan fingerprint density at radius 1 is 1.17 bits per heavy atom. The summed E-state index contributed by atoms with van der Waals surface area (Å²) in [5.41, 5.74) is 0.00557. The number of ether oxygens (including phenoxy) is 1. The van der Waals surface area contributed by atoms with E-state index < -0.39 is 11.7 Å². The number of methoxy groups -OCH3 is 1. The van der Waals surface area contributed by atoms with Crippen LogP contribution in [0, 0.1) is 0 Å². The number of benzene rings is 1. The Hall–Kier alpha value is -3.10. The highest BCUT2D eigenvalue weighted by Crippen LogP contribution is 2.31. The zero-order valence-electron chi connectivity index (χ0n) is 12.3. The van der Waals surface area contributed by atoms with Crippen molar-refractivity contribution >= 4 is 11.6 Å². The number of hydrogen-bond acceptors (Lipinski definition) is 6. The number of aromatic nitrogens is 3. The number of rotatable bonds is 4. The van der Waals surface area contributed by atoms with Crippen LogP contribution in [0.5, 0.6) is 5.88 Å². The first kappa shape index (κ1) is 15.8. The third kappa shape index (κ3) is 3.45. The third-order valence-electron chi connectivity index (χ3n) is 3.06. The van der Waals surface area contributed by atoms with Crippen LogP contribution in [-0.4, -0.2) is 22.2 Å². The minimum Gasteiger partial charge on any atom is -0.481 e. The molecule has 9 heteroatoms. The van der Waals surface area contributed by atoms with Crippen molar-refractivity contribution in [3.63, 3.8) is 0 Å². The molecule has 0 saturated carbocycles. The van der Waals surface area contributed by atoms with E-state index in [1.165, 1.54) is 25.4 Å². The number of hydrogen-bond donors (Lipinski definition) is 1. The lowest BCUT2D eigenvalue weighted by molar-refractivity contribution is -0.137. The zero-order valence-corrected chi connectivity index (χ0v) is 12.3. The van der Waals surface area contributed by atoms with Gasteiger partial charge in [-0.25, -0.2) is 4.98 Å². The lowest BCUT2D eigenvalue weighted by atomic mass is 10.2. The van der Waals surface area contributed by atoms with Crippen LogP contribution in [0.4, 0.5) is 24.8 Å². The summed E-state index contributed by atoms with van der Waals surface area (Å²) < 4.78 is 48.2. The second kappa shape index (κ2) is 6.19. The molecule has 0 aliphatic heterocycles. The largest absolute Gasteiger partial charge is 0.481 e. The van der Waals surface area contributed by atoms with Gasteiger partial charge in [-0.3, -0.25) is 0 Å². The molecule has 0 atom stereocenters. The van der Waals surface area contributed by atoms with Crippen molar-refractivity contribution in [2.45, 2.75) is 6.18 Å². The van der Waals surface area contributed by atoms with Gasteiger partial charge in [-0.1, -0.05) is 6.07 Å². The van der Waals surface area contributed by atoms with Crippen molar-refractivity contribution in [2.75, 3.05) is 12.4 Å². The molecule has 6 nitrogen and oxygen atoms in total. The maximum absolute atomic E-state index is 12.7. The van der Waals surface area contributed by atoms with Crippen LogP contribution in [0.1, 0.15) is 5.56 Å². The van der Waals surface area contributed by atoms with Gasteiger partial charge in [0.2, 0.25) is 5.88 Å². The monoisotopic (exact) mass is 336 g/mol. The summed E-state index contributed by atoms with van der Waals surface area (Å²) in [7, 11) is 1.47. The molecule has 124 valence electrons. The minimum absolute atomic E-state index is 0.0418. The van der Waals surface area contributed by atoms with E-state index in [2.05, 4.69) is 20.4 Å². The van der Waals surface area contributed by atoms with E-state index >= 15 is 0 Å². The fraction of sp³-hybridized carbons (Fsp3) is 0.133. The van der Waals surface area contributed by atoms with Crippen LogP contribution >= 0.6 is 0 Å². The standard InChI is InChI=1S/C15H11F3N4O2/c1-23-12-7-9(5-6-19-12)13-21-14(22-24-13)20-11-4-2-3-10(8-11)15(16,17)18/h2-8H,1H3,(H,20,22). The van der Waals surface area contributed by atoms with Gasteiger partial charge in [0.05, 0.1) is 12.7 Å². The summed E-state index contributed by atoms with van der Waals surface area (Å²) in [6.45, 7) is 0. The Morgan fingerprint density at radius 2 is 2.00 bits per heavy atom. The molecule has 1 N–H and O–H groups in total. The molecule has 0 unspecified atom stereocenters. The van der Waals surface area contributed by atoms with Crippen molar-refractivity contribution < 1.29 is 22.4 Å². The molecular weight excluding hydrogens is 325 g/mol. The highest BCUT2D eigenvalue weighted by atomic mass is 19.4. The number of anilines is 2. The molecule has 2 aromatic heterocycles. The van der Waals surface area contributed by atoms with Crippen molar-refractivity contribution in [1.82, 2.24) is 15.1 Å². The highest BCUT2D eigenvalue weighted by molar-refractivity contribution is 5.59. The normalized spacial score (nSPS) is 11.3. The smallest absolute Gasteiger partial charge is 0.416 e. The van der Waals surface area contributed by atoms with Gasteiger partial charge in [0.15, 0.2) is 0 Å². The second-order valence-corrected chi connectivity index (χ2v) is 4.71. The van der Waals surface area contributed by atoms with E-state index in [-0.39, 0.29) is 17.5 Å². The van der Waals surface area contributed by atoms with Crippen molar-refractivity contribution in [3.05, 3.63) is 48.2 Å². The number of nitrogens with zero attached hydrogens (tertiary/aromatic N) is 3. The van der Waals surface area contributed by atoms with Gasteiger partial charge in [-0.15, -0.1) is 0 Å². The van der Waals surface area contributed by atoms with E-state index in [1.54, 1.807) is 12.1 Å². The highest BCUT2D eigenvalue weighted by Gasteiger charge is 2.30. The maximum atomic E-state index is 12.7. The number of halogens is 3. The second-order valence-electron chi connectivity index (χ2n) is 4.71. The molecule has 0 fully saturated rings. The summed E-state index contributed by atoms with van der Waals surface area (Å²) >= 11 is 0. The zero-order chi connectivity index (χ0) is 17.2. The molecule has 0 aliphatic carbocycles. The van der Waals surface area contributed by atoms with Crippen LogP contribution in [-0.2, 0) is 6.18 Å². The Labute approximate surface area is 134 Å². The predicted molar refractivity (Wildman–Crippen MR) is 78.8 cm³/mol. The van der Waals surface area contributed by atoms with Gasteiger partial charge in [-0.2, -0.15) is 18.2 Å². The van der Waals surface area contributed by atoms with Crippen LogP contribution in [0.2, 0.25) is 0 Å². The summed E-state index contributed by atoms with van der Waals surface area (Å²) in [5, 5.41) is 6.37. The molecule has 3 aromatic rings. The molecule has 2 heterocycles. The van der Waals surface area contributed by atoms with Crippen LogP contribution in [0.3, 0.4) is 0 Å². The summed E-state index contributed by atoms with van der Waals surface area (Å²) in [6, 6.07) is 7.95. The number of alkyl halides is 3. The molecule has 0 amide bonds. The van der Waals surface area contributed by atoms with Crippen molar-refractivity contribution in [1.29, 1.82) is 0 Å². The van der Waals surface area contributed by atoms with Crippen molar-refractivity contribution in [3.8, 4) is 17.3 Å². The molecule has 0 bridgehead atoms. The molecule has 0 spiro atoms. The van der Waals surface area contributed by atoms with Gasteiger partial charge in [0, 0.05) is 23.5 Å². The molecule has 0 radical (unpaired) electrons. The Kier molecular flexibility index (Phi) is 4.07. The van der Waals surface area contributed by atoms with Gasteiger partial charge >= 0.3 is 6.18 Å². The van der Waals surface area contributed by atoms with Gasteiger partial charge < -0.3 is 14.6 Å².